The van der Waals surface area contributed by atoms with E-state index in [0.29, 0.717) is 30.4 Å². The lowest BCUT2D eigenvalue weighted by Gasteiger charge is -2.28. The zero-order valence-corrected chi connectivity index (χ0v) is 22.0. The van der Waals surface area contributed by atoms with Gasteiger partial charge in [0, 0.05) is 56.4 Å². The highest BCUT2D eigenvalue weighted by Crippen LogP contribution is 2.31. The minimum atomic E-state index is -0.359. The van der Waals surface area contributed by atoms with Gasteiger partial charge in [0.05, 0.1) is 30.6 Å². The summed E-state index contributed by atoms with van der Waals surface area (Å²) in [5.74, 6) is 1.01. The van der Waals surface area contributed by atoms with Crippen molar-refractivity contribution in [3.63, 3.8) is 0 Å². The number of rotatable bonds is 5. The largest absolute Gasteiger partial charge is 0.378 e. The molecule has 7 rings (SSSR count). The molecule has 0 radical (unpaired) electrons. The second kappa shape index (κ2) is 10.5. The molecular formula is C29H29N9O2. The number of pyridine rings is 2. The second-order valence-electron chi connectivity index (χ2n) is 9.85. The quantitative estimate of drug-likeness (QED) is 0.351. The highest BCUT2D eigenvalue weighted by molar-refractivity contribution is 6.07. The number of imidazole rings is 1. The molecule has 1 aromatic carbocycles. The van der Waals surface area contributed by atoms with Gasteiger partial charge in [0.25, 0.3) is 5.91 Å². The molecule has 4 aromatic heterocycles. The minimum Gasteiger partial charge on any atom is -0.378 e. The van der Waals surface area contributed by atoms with Crippen LogP contribution >= 0.6 is 0 Å². The van der Waals surface area contributed by atoms with E-state index in [9.17, 15) is 4.79 Å². The van der Waals surface area contributed by atoms with E-state index in [1.807, 2.05) is 48.5 Å². The lowest BCUT2D eigenvalue weighted by atomic mass is 10.1. The van der Waals surface area contributed by atoms with E-state index in [1.54, 1.807) is 23.0 Å². The number of anilines is 3. The number of carbonyl (C=O) groups excluding carboxylic acids is 1. The number of nitrogens with one attached hydrogen (secondary N) is 2. The summed E-state index contributed by atoms with van der Waals surface area (Å²) < 4.78 is 7.30. The van der Waals surface area contributed by atoms with Gasteiger partial charge in [-0.05, 0) is 36.4 Å². The average molecular weight is 536 g/mol. The molecule has 40 heavy (non-hydrogen) atoms. The fraction of sp³-hybridized carbons (Fsp3) is 0.276. The van der Waals surface area contributed by atoms with Crippen molar-refractivity contribution >= 4 is 39.8 Å². The number of carbonyl (C=O) groups is 1. The highest BCUT2D eigenvalue weighted by Gasteiger charge is 2.26. The number of morpholine rings is 1. The van der Waals surface area contributed by atoms with E-state index in [0.717, 1.165) is 67.2 Å². The number of benzene rings is 1. The fourth-order valence-corrected chi connectivity index (χ4v) is 5.32. The van der Waals surface area contributed by atoms with E-state index in [-0.39, 0.29) is 11.6 Å². The highest BCUT2D eigenvalue weighted by atomic mass is 16.5. The van der Waals surface area contributed by atoms with Gasteiger partial charge in [-0.1, -0.05) is 18.2 Å². The van der Waals surface area contributed by atoms with Gasteiger partial charge in [-0.2, -0.15) is 5.10 Å². The molecule has 2 saturated heterocycles. The zero-order chi connectivity index (χ0) is 26.9. The lowest BCUT2D eigenvalue weighted by Crippen LogP contribution is -2.43. The van der Waals surface area contributed by atoms with Crippen LogP contribution in [0.25, 0.3) is 27.8 Å². The first-order chi connectivity index (χ1) is 19.7. The maximum atomic E-state index is 13.8. The predicted molar refractivity (Wildman–Crippen MR) is 154 cm³/mol. The Morgan fingerprint density at radius 1 is 0.900 bits per heavy atom. The van der Waals surface area contributed by atoms with Crippen molar-refractivity contribution in [2.24, 2.45) is 0 Å². The number of ether oxygens (including phenoxy) is 1. The molecule has 2 N–H and O–H groups in total. The van der Waals surface area contributed by atoms with Crippen molar-refractivity contribution in [1.29, 1.82) is 0 Å². The molecule has 11 heteroatoms. The van der Waals surface area contributed by atoms with Crippen molar-refractivity contribution in [3.05, 3.63) is 72.7 Å². The van der Waals surface area contributed by atoms with Crippen LogP contribution in [0, 0.1) is 0 Å². The number of piperazine rings is 1. The average Bonchev–Trinajstić information content (AvgIpc) is 3.42. The molecule has 2 fully saturated rings. The summed E-state index contributed by atoms with van der Waals surface area (Å²) in [5, 5.41) is 12.0. The fourth-order valence-electron chi connectivity index (χ4n) is 5.32. The van der Waals surface area contributed by atoms with Crippen LogP contribution < -0.4 is 20.4 Å². The number of aromatic nitrogens is 5. The topological polar surface area (TPSA) is 113 Å². The number of hydrogen-bond acceptors (Lipinski definition) is 9. The SMILES string of the molecule is O=C(Nc1ccc2ccccc2n1)c1nc2c(N3CCOCC3)ccnn2c1-c1ccc(N2CCNCC2)nc1. The van der Waals surface area contributed by atoms with Crippen LogP contribution in [0.2, 0.25) is 0 Å². The molecule has 0 aliphatic carbocycles. The number of fused-ring (bicyclic) bond motifs is 2. The van der Waals surface area contributed by atoms with Gasteiger partial charge in [-0.25, -0.2) is 19.5 Å². The van der Waals surface area contributed by atoms with Gasteiger partial charge in [-0.3, -0.25) is 4.79 Å². The van der Waals surface area contributed by atoms with Crippen molar-refractivity contribution in [3.8, 4) is 11.3 Å². The first kappa shape index (κ1) is 24.4. The predicted octanol–water partition coefficient (Wildman–Crippen LogP) is 2.84. The first-order valence-electron chi connectivity index (χ1n) is 13.5. The first-order valence-corrected chi connectivity index (χ1v) is 13.5. The van der Waals surface area contributed by atoms with Crippen molar-refractivity contribution in [1.82, 2.24) is 29.9 Å². The van der Waals surface area contributed by atoms with Crippen LogP contribution in [-0.2, 0) is 4.74 Å². The number of para-hydroxylation sites is 1. The molecule has 0 spiro atoms. The Hall–Kier alpha value is -4.61. The Kier molecular flexibility index (Phi) is 6.42. The van der Waals surface area contributed by atoms with Crippen LogP contribution in [0.5, 0.6) is 0 Å². The second-order valence-corrected chi connectivity index (χ2v) is 9.85. The van der Waals surface area contributed by atoms with Gasteiger partial charge in [0.1, 0.15) is 17.3 Å². The van der Waals surface area contributed by atoms with E-state index in [2.05, 4.69) is 30.5 Å². The smallest absolute Gasteiger partial charge is 0.277 e. The van der Waals surface area contributed by atoms with E-state index in [4.69, 9.17) is 14.7 Å². The third kappa shape index (κ3) is 4.59. The van der Waals surface area contributed by atoms with Crippen LogP contribution in [0.15, 0.2) is 67.0 Å². The van der Waals surface area contributed by atoms with Crippen molar-refractivity contribution in [2.75, 3.05) is 67.6 Å². The Balaban J connectivity index is 1.30. The third-order valence-corrected chi connectivity index (χ3v) is 7.37. The Morgan fingerprint density at radius 2 is 1.75 bits per heavy atom. The monoisotopic (exact) mass is 535 g/mol. The standard InChI is InChI=1S/C29H29N9O2/c39-29(34-24-7-5-20-3-1-2-4-22(20)33-24)26-27(21-6-8-25(31-19-21)37-13-11-30-12-14-37)38-28(35-26)23(9-10-32-38)36-15-17-40-18-16-36/h1-10,19,30H,11-18H2,(H,33,34,39). The van der Waals surface area contributed by atoms with Gasteiger partial charge in [0.2, 0.25) is 0 Å². The molecule has 2 aliphatic heterocycles. The third-order valence-electron chi connectivity index (χ3n) is 7.37. The Morgan fingerprint density at radius 3 is 2.58 bits per heavy atom. The van der Waals surface area contributed by atoms with Gasteiger partial charge in [0.15, 0.2) is 11.3 Å². The number of amides is 1. The normalized spacial score (nSPS) is 16.0. The molecule has 0 unspecified atom stereocenters. The molecule has 5 aromatic rings. The summed E-state index contributed by atoms with van der Waals surface area (Å²) in [6, 6.07) is 17.5. The Bertz CT molecular complexity index is 1670. The molecule has 0 atom stereocenters. The summed E-state index contributed by atoms with van der Waals surface area (Å²) >= 11 is 0. The molecule has 1 amide bonds. The minimum absolute atomic E-state index is 0.264. The van der Waals surface area contributed by atoms with E-state index < -0.39 is 0 Å². The van der Waals surface area contributed by atoms with Crippen LogP contribution in [0.4, 0.5) is 17.3 Å². The summed E-state index contributed by atoms with van der Waals surface area (Å²) in [6.07, 6.45) is 3.55. The van der Waals surface area contributed by atoms with Crippen molar-refractivity contribution in [2.45, 2.75) is 0 Å². The number of hydrogen-bond donors (Lipinski definition) is 2. The van der Waals surface area contributed by atoms with Crippen LogP contribution in [0.3, 0.4) is 0 Å². The van der Waals surface area contributed by atoms with Crippen LogP contribution in [-0.4, -0.2) is 83.0 Å². The van der Waals surface area contributed by atoms with Gasteiger partial charge in [-0.15, -0.1) is 0 Å². The molecular weight excluding hydrogens is 506 g/mol. The molecule has 2 aliphatic rings. The van der Waals surface area contributed by atoms with Crippen molar-refractivity contribution < 1.29 is 9.53 Å². The Labute approximate surface area is 230 Å². The van der Waals surface area contributed by atoms with E-state index in [1.165, 1.54) is 0 Å². The maximum Gasteiger partial charge on any atom is 0.277 e. The zero-order valence-electron chi connectivity index (χ0n) is 22.0. The molecule has 202 valence electrons. The molecule has 0 bridgehead atoms. The summed E-state index contributed by atoms with van der Waals surface area (Å²) in [6.45, 7) is 6.42. The van der Waals surface area contributed by atoms with Gasteiger partial charge >= 0.3 is 0 Å². The summed E-state index contributed by atoms with van der Waals surface area (Å²) in [5.41, 5.74) is 3.94. The summed E-state index contributed by atoms with van der Waals surface area (Å²) in [4.78, 5) is 32.5. The van der Waals surface area contributed by atoms with E-state index >= 15 is 0 Å². The van der Waals surface area contributed by atoms with Gasteiger partial charge < -0.3 is 25.2 Å². The molecule has 6 heterocycles. The molecule has 11 nitrogen and oxygen atoms in total. The lowest BCUT2D eigenvalue weighted by molar-refractivity contribution is 0.102. The maximum absolute atomic E-state index is 13.8. The summed E-state index contributed by atoms with van der Waals surface area (Å²) in [7, 11) is 0. The van der Waals surface area contributed by atoms with Crippen LogP contribution in [0.1, 0.15) is 10.5 Å². The number of nitrogens with zero attached hydrogens (tertiary/aromatic N) is 7. The molecule has 0 saturated carbocycles.